The van der Waals surface area contributed by atoms with Crippen LogP contribution in [0, 0.1) is 17.6 Å². The van der Waals surface area contributed by atoms with E-state index in [0.717, 1.165) is 45.1 Å². The van der Waals surface area contributed by atoms with Crippen molar-refractivity contribution < 1.29 is 8.78 Å². The van der Waals surface area contributed by atoms with Crippen molar-refractivity contribution in [1.29, 1.82) is 0 Å². The fraction of sp³-hybridized carbons (Fsp3) is 0.667. The molecule has 0 bridgehead atoms. The van der Waals surface area contributed by atoms with E-state index in [0.29, 0.717) is 12.5 Å². The van der Waals surface area contributed by atoms with E-state index in [9.17, 15) is 8.78 Å². The fourth-order valence-corrected chi connectivity index (χ4v) is 3.91. The van der Waals surface area contributed by atoms with Crippen LogP contribution < -0.4 is 5.32 Å². The summed E-state index contributed by atoms with van der Waals surface area (Å²) in [6.45, 7) is 9.91. The van der Waals surface area contributed by atoms with Crippen LogP contribution >= 0.6 is 24.0 Å². The normalized spacial score (nSPS) is 18.3. The highest BCUT2D eigenvalue weighted by molar-refractivity contribution is 14.0. The maximum Gasteiger partial charge on any atom is 0.193 e. The monoisotopic (exact) mass is 523 g/mol. The predicted octanol–water partition coefficient (Wildman–Crippen LogP) is 3.42. The molecule has 0 amide bonds. The first-order valence-electron chi connectivity index (χ1n) is 10.2. The predicted molar refractivity (Wildman–Crippen MR) is 127 cm³/mol. The average molecular weight is 523 g/mol. The van der Waals surface area contributed by atoms with Gasteiger partial charge in [-0.2, -0.15) is 0 Å². The Kier molecular flexibility index (Phi) is 11.3. The second kappa shape index (κ2) is 12.6. The van der Waals surface area contributed by atoms with Crippen molar-refractivity contribution in [2.75, 3.05) is 60.4 Å². The molecule has 1 aromatic rings. The molecule has 0 aromatic heterocycles. The SMILES string of the molecule is CCN(CC)CC1CCN(C(=NC)NCC(c2c(F)cccc2F)N(C)C)C1.I. The Hall–Kier alpha value is -1.000. The molecule has 166 valence electrons. The van der Waals surface area contributed by atoms with Crippen molar-refractivity contribution >= 4 is 29.9 Å². The highest BCUT2D eigenvalue weighted by Gasteiger charge is 2.27. The highest BCUT2D eigenvalue weighted by Crippen LogP contribution is 2.24. The molecule has 0 aliphatic carbocycles. The summed E-state index contributed by atoms with van der Waals surface area (Å²) < 4.78 is 28.5. The number of rotatable bonds is 8. The number of hydrogen-bond donors (Lipinski definition) is 1. The number of nitrogens with one attached hydrogen (secondary N) is 1. The largest absolute Gasteiger partial charge is 0.354 e. The first kappa shape index (κ1) is 26.0. The summed E-state index contributed by atoms with van der Waals surface area (Å²) in [4.78, 5) is 10.9. The molecule has 8 heteroatoms. The summed E-state index contributed by atoms with van der Waals surface area (Å²) in [5, 5.41) is 3.33. The molecule has 0 spiro atoms. The Balaban J connectivity index is 0.00000420. The highest BCUT2D eigenvalue weighted by atomic mass is 127. The second-order valence-electron chi connectivity index (χ2n) is 7.63. The Morgan fingerprint density at radius 2 is 1.86 bits per heavy atom. The van der Waals surface area contributed by atoms with Crippen LogP contribution in [-0.2, 0) is 0 Å². The lowest BCUT2D eigenvalue weighted by atomic mass is 10.0. The van der Waals surface area contributed by atoms with Crippen molar-refractivity contribution in [2.45, 2.75) is 26.3 Å². The molecule has 2 atom stereocenters. The van der Waals surface area contributed by atoms with Crippen LogP contribution in [-0.4, -0.2) is 81.1 Å². The van der Waals surface area contributed by atoms with Gasteiger partial charge in [0.25, 0.3) is 0 Å². The van der Waals surface area contributed by atoms with Gasteiger partial charge >= 0.3 is 0 Å². The number of halogens is 3. The molecular weight excluding hydrogens is 487 g/mol. The van der Waals surface area contributed by atoms with Gasteiger partial charge in [0.15, 0.2) is 5.96 Å². The quantitative estimate of drug-likeness (QED) is 0.322. The van der Waals surface area contributed by atoms with Crippen molar-refractivity contribution in [1.82, 2.24) is 20.0 Å². The van der Waals surface area contributed by atoms with Crippen LogP contribution in [0.15, 0.2) is 23.2 Å². The van der Waals surface area contributed by atoms with Crippen LogP contribution in [0.3, 0.4) is 0 Å². The lowest BCUT2D eigenvalue weighted by molar-refractivity contribution is 0.254. The van der Waals surface area contributed by atoms with Gasteiger partial charge in [-0.15, -0.1) is 24.0 Å². The van der Waals surface area contributed by atoms with Crippen LogP contribution in [0.4, 0.5) is 8.78 Å². The van der Waals surface area contributed by atoms with Crippen LogP contribution in [0.1, 0.15) is 31.9 Å². The topological polar surface area (TPSA) is 34.1 Å². The molecule has 2 rings (SSSR count). The van der Waals surface area contributed by atoms with E-state index in [-0.39, 0.29) is 29.5 Å². The Labute approximate surface area is 191 Å². The molecule has 1 aliphatic heterocycles. The third kappa shape index (κ3) is 7.03. The average Bonchev–Trinajstić information content (AvgIpc) is 3.13. The minimum absolute atomic E-state index is 0. The molecule has 0 radical (unpaired) electrons. The van der Waals surface area contributed by atoms with Crippen molar-refractivity contribution in [2.24, 2.45) is 10.9 Å². The van der Waals surface area contributed by atoms with E-state index >= 15 is 0 Å². The molecule has 2 unspecified atom stereocenters. The summed E-state index contributed by atoms with van der Waals surface area (Å²) in [6, 6.07) is 3.59. The lowest BCUT2D eigenvalue weighted by Gasteiger charge is -2.29. The fourth-order valence-electron chi connectivity index (χ4n) is 3.91. The number of guanidine groups is 1. The van der Waals surface area contributed by atoms with Gasteiger partial charge in [0.2, 0.25) is 0 Å². The van der Waals surface area contributed by atoms with Crippen LogP contribution in [0.2, 0.25) is 0 Å². The van der Waals surface area contributed by atoms with Crippen molar-refractivity contribution in [3.05, 3.63) is 35.4 Å². The molecule has 1 heterocycles. The summed E-state index contributed by atoms with van der Waals surface area (Å²) in [5.74, 6) is 0.379. The summed E-state index contributed by atoms with van der Waals surface area (Å²) in [5.41, 5.74) is 0.0938. The number of nitrogens with zero attached hydrogens (tertiary/aromatic N) is 4. The zero-order valence-electron chi connectivity index (χ0n) is 18.3. The summed E-state index contributed by atoms with van der Waals surface area (Å²) in [6.07, 6.45) is 1.14. The minimum Gasteiger partial charge on any atom is -0.354 e. The van der Waals surface area contributed by atoms with E-state index in [2.05, 4.69) is 34.0 Å². The van der Waals surface area contributed by atoms with Gasteiger partial charge in [-0.25, -0.2) is 8.78 Å². The molecule has 29 heavy (non-hydrogen) atoms. The van der Waals surface area contributed by atoms with Gasteiger partial charge in [-0.3, -0.25) is 4.99 Å². The smallest absolute Gasteiger partial charge is 0.193 e. The Morgan fingerprint density at radius 1 is 1.24 bits per heavy atom. The molecular formula is C21H36F2IN5. The first-order valence-corrected chi connectivity index (χ1v) is 10.2. The van der Waals surface area contributed by atoms with E-state index in [4.69, 9.17) is 0 Å². The minimum atomic E-state index is -0.518. The van der Waals surface area contributed by atoms with Gasteiger partial charge in [0, 0.05) is 38.8 Å². The maximum atomic E-state index is 14.3. The van der Waals surface area contributed by atoms with Gasteiger partial charge in [-0.1, -0.05) is 19.9 Å². The zero-order chi connectivity index (χ0) is 20.7. The Morgan fingerprint density at radius 3 is 2.38 bits per heavy atom. The van der Waals surface area contributed by atoms with Gasteiger partial charge < -0.3 is 20.0 Å². The van der Waals surface area contributed by atoms with Crippen LogP contribution in [0.5, 0.6) is 0 Å². The molecule has 1 fully saturated rings. The molecule has 1 N–H and O–H groups in total. The zero-order valence-corrected chi connectivity index (χ0v) is 20.6. The van der Waals surface area contributed by atoms with Crippen molar-refractivity contribution in [3.8, 4) is 0 Å². The number of likely N-dealkylation sites (tertiary alicyclic amines) is 1. The lowest BCUT2D eigenvalue weighted by Crippen LogP contribution is -2.44. The number of likely N-dealkylation sites (N-methyl/N-ethyl adjacent to an activating group) is 1. The Bertz CT molecular complexity index is 632. The van der Waals surface area contributed by atoms with Gasteiger partial charge in [0.05, 0.1) is 6.04 Å². The number of hydrogen-bond acceptors (Lipinski definition) is 3. The van der Waals surface area contributed by atoms with E-state index in [1.807, 2.05) is 19.0 Å². The third-order valence-corrected chi connectivity index (χ3v) is 5.62. The molecule has 1 aromatic carbocycles. The van der Waals surface area contributed by atoms with Crippen LogP contribution in [0.25, 0.3) is 0 Å². The van der Waals surface area contributed by atoms with Crippen molar-refractivity contribution in [3.63, 3.8) is 0 Å². The molecule has 5 nitrogen and oxygen atoms in total. The third-order valence-electron chi connectivity index (χ3n) is 5.62. The number of aliphatic imine (C=N–C) groups is 1. The van der Waals surface area contributed by atoms with E-state index < -0.39 is 17.7 Å². The van der Waals surface area contributed by atoms with E-state index in [1.165, 1.54) is 18.2 Å². The van der Waals surface area contributed by atoms with E-state index in [1.54, 1.807) is 7.05 Å². The molecule has 1 aliphatic rings. The molecule has 0 saturated carbocycles. The number of benzene rings is 1. The summed E-state index contributed by atoms with van der Waals surface area (Å²) in [7, 11) is 5.42. The standard InChI is InChI=1S/C21H35F2N5.HI/c1-6-27(7-2)14-16-11-12-28(15-16)21(24-3)25-13-19(26(4)5)20-17(22)9-8-10-18(20)23;/h8-10,16,19H,6-7,11-15H2,1-5H3,(H,24,25);1H. The molecule has 1 saturated heterocycles. The summed E-state index contributed by atoms with van der Waals surface area (Å²) >= 11 is 0. The van der Waals surface area contributed by atoms with Gasteiger partial charge in [0.1, 0.15) is 11.6 Å². The van der Waals surface area contributed by atoms with Gasteiger partial charge in [-0.05, 0) is 51.7 Å². The first-order chi connectivity index (χ1) is 13.4. The maximum absolute atomic E-state index is 14.3. The second-order valence-corrected chi connectivity index (χ2v) is 7.63.